The summed E-state index contributed by atoms with van der Waals surface area (Å²) >= 11 is 0. The van der Waals surface area contributed by atoms with E-state index in [1.54, 1.807) is 54.9 Å². The molecule has 7 rings (SSSR count). The number of aryl methyl sites for hydroxylation is 1. The first kappa shape index (κ1) is 30.1. The Balaban J connectivity index is 1.14. The van der Waals surface area contributed by atoms with Crippen LogP contribution < -0.4 is 15.4 Å². The van der Waals surface area contributed by atoms with Crippen LogP contribution in [0.1, 0.15) is 30.4 Å². The van der Waals surface area contributed by atoms with E-state index in [1.807, 2.05) is 43.3 Å². The standard InChI is InChI=1S/C36H33FN6O4/c1-22-14-15-25-26(11-5-13-29(25)41-32(44)28-20-36(28,37)23-8-3-2-4-9-23)31(22)47-33-27(12-6-17-38-33)30-16-18-39-34(42-30)40-24-10-7-19-43(21-24)35(45)46/h2-6,8-9,11-18,24,28H,7,10,19-21H2,1H3,(H,41,44)(H,45,46)(H,39,40,42)/t24-,28?,36?/m0/s1. The summed E-state index contributed by atoms with van der Waals surface area (Å²) in [5.74, 6) is 0.156. The van der Waals surface area contributed by atoms with Crippen LogP contribution in [0.15, 0.2) is 91.3 Å². The lowest BCUT2D eigenvalue weighted by atomic mass is 10.0. The van der Waals surface area contributed by atoms with Crippen molar-refractivity contribution in [2.24, 2.45) is 5.92 Å². The Morgan fingerprint density at radius 1 is 0.979 bits per heavy atom. The number of ether oxygens (including phenoxy) is 1. The van der Waals surface area contributed by atoms with Gasteiger partial charge in [-0.2, -0.15) is 0 Å². The molecule has 11 heteroatoms. The number of likely N-dealkylation sites (tertiary alicyclic amines) is 1. The van der Waals surface area contributed by atoms with Crippen molar-refractivity contribution in [2.45, 2.75) is 37.9 Å². The fourth-order valence-corrected chi connectivity index (χ4v) is 6.27. The highest BCUT2D eigenvalue weighted by Gasteiger charge is 2.60. The van der Waals surface area contributed by atoms with Gasteiger partial charge in [0.1, 0.15) is 11.4 Å². The molecule has 2 amide bonds. The van der Waals surface area contributed by atoms with Crippen molar-refractivity contribution in [3.8, 4) is 22.9 Å². The number of anilines is 2. The third-order valence-corrected chi connectivity index (χ3v) is 8.86. The Bertz CT molecular complexity index is 1970. The molecule has 1 saturated heterocycles. The van der Waals surface area contributed by atoms with E-state index in [4.69, 9.17) is 9.72 Å². The highest BCUT2D eigenvalue weighted by Crippen LogP contribution is 2.56. The third kappa shape index (κ3) is 6.04. The van der Waals surface area contributed by atoms with E-state index >= 15 is 4.39 Å². The number of hydrogen-bond donors (Lipinski definition) is 3. The molecular weight excluding hydrogens is 599 g/mol. The lowest BCUT2D eigenvalue weighted by molar-refractivity contribution is -0.118. The number of fused-ring (bicyclic) bond motifs is 1. The van der Waals surface area contributed by atoms with Gasteiger partial charge in [-0.3, -0.25) is 4.79 Å². The van der Waals surface area contributed by atoms with Crippen LogP contribution in [0.25, 0.3) is 22.0 Å². The minimum absolute atomic E-state index is 0.104. The SMILES string of the molecule is Cc1ccc2c(NC(=O)C3CC3(F)c3ccccc3)cccc2c1Oc1ncccc1-c1ccnc(N[C@H]2CCCN(C(=O)O)C2)n1. The fraction of sp³-hybridized carbons (Fsp3) is 0.250. The number of amides is 2. The molecule has 3 N–H and O–H groups in total. The van der Waals surface area contributed by atoms with Crippen LogP contribution in [-0.4, -0.2) is 56.1 Å². The van der Waals surface area contributed by atoms with Gasteiger partial charge in [-0.05, 0) is 55.2 Å². The number of pyridine rings is 1. The molecule has 2 fully saturated rings. The number of piperidine rings is 1. The first-order valence-corrected chi connectivity index (χ1v) is 15.6. The number of aromatic nitrogens is 3. The van der Waals surface area contributed by atoms with Crippen LogP contribution in [0.5, 0.6) is 11.6 Å². The topological polar surface area (TPSA) is 130 Å². The molecule has 5 aromatic rings. The molecule has 238 valence electrons. The zero-order valence-electron chi connectivity index (χ0n) is 25.7. The smallest absolute Gasteiger partial charge is 0.407 e. The second-order valence-corrected chi connectivity index (χ2v) is 12.0. The fourth-order valence-electron chi connectivity index (χ4n) is 6.27. The van der Waals surface area contributed by atoms with E-state index in [1.165, 1.54) is 4.90 Å². The minimum atomic E-state index is -1.66. The lowest BCUT2D eigenvalue weighted by Gasteiger charge is -2.31. The van der Waals surface area contributed by atoms with Crippen molar-refractivity contribution >= 4 is 34.4 Å². The molecule has 0 radical (unpaired) electrons. The molecule has 1 saturated carbocycles. The maximum atomic E-state index is 15.6. The van der Waals surface area contributed by atoms with Crippen LogP contribution in [0.3, 0.4) is 0 Å². The Labute approximate surface area is 270 Å². The van der Waals surface area contributed by atoms with Gasteiger partial charge in [0.25, 0.3) is 0 Å². The number of benzene rings is 3. The normalized spacial score (nSPS) is 20.4. The molecule has 2 aliphatic rings. The maximum Gasteiger partial charge on any atom is 0.407 e. The summed E-state index contributed by atoms with van der Waals surface area (Å²) in [6.45, 7) is 2.80. The van der Waals surface area contributed by atoms with Crippen LogP contribution >= 0.6 is 0 Å². The van der Waals surface area contributed by atoms with Crippen molar-refractivity contribution in [2.75, 3.05) is 23.7 Å². The van der Waals surface area contributed by atoms with Gasteiger partial charge in [0.15, 0.2) is 0 Å². The number of rotatable bonds is 8. The van der Waals surface area contributed by atoms with E-state index in [9.17, 15) is 14.7 Å². The van der Waals surface area contributed by atoms with Gasteiger partial charge in [-0.1, -0.05) is 54.6 Å². The van der Waals surface area contributed by atoms with Gasteiger partial charge in [-0.15, -0.1) is 0 Å². The van der Waals surface area contributed by atoms with E-state index in [2.05, 4.69) is 20.6 Å². The van der Waals surface area contributed by atoms with Crippen molar-refractivity contribution in [3.63, 3.8) is 0 Å². The molecule has 0 spiro atoms. The Morgan fingerprint density at radius 2 is 1.83 bits per heavy atom. The number of halogens is 1. The Morgan fingerprint density at radius 3 is 2.66 bits per heavy atom. The Hall–Kier alpha value is -5.58. The average Bonchev–Trinajstić information content (AvgIpc) is 3.80. The molecule has 1 aliphatic heterocycles. The molecule has 47 heavy (non-hydrogen) atoms. The highest BCUT2D eigenvalue weighted by molar-refractivity contribution is 6.06. The number of alkyl halides is 1. The summed E-state index contributed by atoms with van der Waals surface area (Å²) in [6, 6.07) is 23.5. The zero-order chi connectivity index (χ0) is 32.5. The number of nitrogens with one attached hydrogen (secondary N) is 2. The lowest BCUT2D eigenvalue weighted by Crippen LogP contribution is -2.44. The summed E-state index contributed by atoms with van der Waals surface area (Å²) in [6.07, 6.45) is 4.05. The second kappa shape index (κ2) is 12.3. The predicted molar refractivity (Wildman–Crippen MR) is 176 cm³/mol. The molecule has 1 aliphatic carbocycles. The van der Waals surface area contributed by atoms with E-state index < -0.39 is 17.7 Å². The number of carbonyl (C=O) groups is 2. The van der Waals surface area contributed by atoms with E-state index in [0.717, 1.165) is 29.2 Å². The van der Waals surface area contributed by atoms with E-state index in [-0.39, 0.29) is 18.4 Å². The first-order chi connectivity index (χ1) is 22.8. The maximum absolute atomic E-state index is 15.6. The van der Waals surface area contributed by atoms with Crippen molar-refractivity contribution in [3.05, 3.63) is 102 Å². The van der Waals surface area contributed by atoms with Crippen LogP contribution in [-0.2, 0) is 10.5 Å². The highest BCUT2D eigenvalue weighted by atomic mass is 19.1. The number of carbonyl (C=O) groups excluding carboxylic acids is 1. The quantitative estimate of drug-likeness (QED) is 0.164. The summed E-state index contributed by atoms with van der Waals surface area (Å²) in [5, 5.41) is 17.2. The predicted octanol–water partition coefficient (Wildman–Crippen LogP) is 7.17. The molecule has 10 nitrogen and oxygen atoms in total. The van der Waals surface area contributed by atoms with Crippen LogP contribution in [0, 0.1) is 12.8 Å². The zero-order valence-corrected chi connectivity index (χ0v) is 25.7. The molecule has 3 aromatic carbocycles. The van der Waals surface area contributed by atoms with Gasteiger partial charge in [0, 0.05) is 54.4 Å². The van der Waals surface area contributed by atoms with Gasteiger partial charge in [-0.25, -0.2) is 24.1 Å². The number of nitrogens with zero attached hydrogens (tertiary/aromatic N) is 4. The molecule has 0 bridgehead atoms. The van der Waals surface area contributed by atoms with Crippen LogP contribution in [0.4, 0.5) is 20.8 Å². The molecular formula is C36H33FN6O4. The van der Waals surface area contributed by atoms with Crippen molar-refractivity contribution in [1.82, 2.24) is 19.9 Å². The van der Waals surface area contributed by atoms with Crippen molar-refractivity contribution < 1.29 is 23.8 Å². The number of carboxylic acid groups (broad SMARTS) is 1. The summed E-state index contributed by atoms with van der Waals surface area (Å²) in [4.78, 5) is 39.7. The van der Waals surface area contributed by atoms with Gasteiger partial charge >= 0.3 is 6.09 Å². The van der Waals surface area contributed by atoms with Gasteiger partial charge in [0.2, 0.25) is 17.7 Å². The molecule has 3 heterocycles. The first-order valence-electron chi connectivity index (χ1n) is 15.6. The molecule has 2 unspecified atom stereocenters. The molecule has 2 aromatic heterocycles. The third-order valence-electron chi connectivity index (χ3n) is 8.86. The van der Waals surface area contributed by atoms with Gasteiger partial charge in [0.05, 0.1) is 17.2 Å². The van der Waals surface area contributed by atoms with Gasteiger partial charge < -0.3 is 25.4 Å². The largest absolute Gasteiger partial charge is 0.465 e. The number of hydrogen-bond acceptors (Lipinski definition) is 7. The van der Waals surface area contributed by atoms with Crippen LogP contribution in [0.2, 0.25) is 0 Å². The Kier molecular flexibility index (Phi) is 7.88. The minimum Gasteiger partial charge on any atom is -0.465 e. The summed E-state index contributed by atoms with van der Waals surface area (Å²) in [5.41, 5.74) is 1.50. The van der Waals surface area contributed by atoms with Crippen molar-refractivity contribution in [1.29, 1.82) is 0 Å². The summed E-state index contributed by atoms with van der Waals surface area (Å²) in [7, 11) is 0. The average molecular weight is 633 g/mol. The molecule has 3 atom stereocenters. The second-order valence-electron chi connectivity index (χ2n) is 12.0. The monoisotopic (exact) mass is 632 g/mol. The summed E-state index contributed by atoms with van der Waals surface area (Å²) < 4.78 is 22.1. The van der Waals surface area contributed by atoms with E-state index in [0.29, 0.717) is 53.2 Å².